The summed E-state index contributed by atoms with van der Waals surface area (Å²) in [6.45, 7) is 8.30. The van der Waals surface area contributed by atoms with E-state index in [1.807, 2.05) is 6.92 Å². The topological polar surface area (TPSA) is 67.8 Å². The molecule has 0 aliphatic heterocycles. The molecule has 0 spiro atoms. The maximum absolute atomic E-state index is 11.4. The van der Waals surface area contributed by atoms with Gasteiger partial charge in [-0.1, -0.05) is 0 Å². The first-order valence-corrected chi connectivity index (χ1v) is 5.57. The predicted octanol–water partition coefficient (Wildman–Crippen LogP) is 1.30. The fourth-order valence-electron chi connectivity index (χ4n) is 1.05. The van der Waals surface area contributed by atoms with Crippen LogP contribution in [0.15, 0.2) is 0 Å². The molecule has 16 heavy (non-hydrogen) atoms. The average molecular weight is 233 g/mol. The molecule has 0 radical (unpaired) electrons. The van der Waals surface area contributed by atoms with Crippen LogP contribution in [0.3, 0.4) is 0 Å². The molecule has 0 aromatic heterocycles. The van der Waals surface area contributed by atoms with E-state index in [1.54, 1.807) is 20.8 Å². The van der Waals surface area contributed by atoms with Crippen molar-refractivity contribution in [3.05, 3.63) is 0 Å². The summed E-state index contributed by atoms with van der Waals surface area (Å²) in [4.78, 5) is 11.4. The number of aliphatic hydroxyl groups excluding tert-OH is 1. The normalized spacial score (nSPS) is 13.3. The minimum absolute atomic E-state index is 0.119. The first kappa shape index (κ1) is 15.2. The maximum Gasteiger partial charge on any atom is 0.407 e. The van der Waals surface area contributed by atoms with E-state index in [2.05, 4.69) is 5.32 Å². The third-order valence-electron chi connectivity index (χ3n) is 1.76. The molecule has 0 fully saturated rings. The minimum Gasteiger partial charge on any atom is -0.444 e. The van der Waals surface area contributed by atoms with Gasteiger partial charge in [-0.15, -0.1) is 0 Å². The summed E-state index contributed by atoms with van der Waals surface area (Å²) < 4.78 is 10.2. The van der Waals surface area contributed by atoms with Gasteiger partial charge in [-0.25, -0.2) is 4.79 Å². The van der Waals surface area contributed by atoms with Crippen LogP contribution < -0.4 is 5.32 Å². The minimum atomic E-state index is -0.524. The average Bonchev–Trinajstić information content (AvgIpc) is 2.13. The third-order valence-corrected chi connectivity index (χ3v) is 1.76. The second-order valence-electron chi connectivity index (χ2n) is 4.51. The zero-order valence-corrected chi connectivity index (χ0v) is 10.6. The standard InChI is InChI=1S/C11H23NO4/c1-5-15-7-6-9(8-13)12-10(14)16-11(2,3)4/h9,13H,5-8H2,1-4H3,(H,12,14)/t9-/m0/s1. The Bertz CT molecular complexity index is 201. The first-order valence-electron chi connectivity index (χ1n) is 5.57. The van der Waals surface area contributed by atoms with Gasteiger partial charge in [0, 0.05) is 13.2 Å². The molecule has 2 N–H and O–H groups in total. The summed E-state index contributed by atoms with van der Waals surface area (Å²) in [6, 6.07) is -0.318. The van der Waals surface area contributed by atoms with E-state index in [4.69, 9.17) is 14.6 Å². The highest BCUT2D eigenvalue weighted by Gasteiger charge is 2.18. The molecular formula is C11H23NO4. The van der Waals surface area contributed by atoms with E-state index in [1.165, 1.54) is 0 Å². The molecule has 0 aromatic carbocycles. The highest BCUT2D eigenvalue weighted by Crippen LogP contribution is 2.07. The van der Waals surface area contributed by atoms with Crippen molar-refractivity contribution >= 4 is 6.09 Å². The van der Waals surface area contributed by atoms with Gasteiger partial charge < -0.3 is 19.9 Å². The summed E-state index contributed by atoms with van der Waals surface area (Å²) in [6.07, 6.45) is 0.0619. The lowest BCUT2D eigenvalue weighted by Crippen LogP contribution is -2.41. The van der Waals surface area contributed by atoms with E-state index in [9.17, 15) is 4.79 Å². The van der Waals surface area contributed by atoms with Crippen molar-refractivity contribution in [2.24, 2.45) is 0 Å². The van der Waals surface area contributed by atoms with Crippen molar-refractivity contribution in [3.63, 3.8) is 0 Å². The van der Waals surface area contributed by atoms with Gasteiger partial charge in [0.05, 0.1) is 12.6 Å². The summed E-state index contributed by atoms with van der Waals surface area (Å²) in [7, 11) is 0. The number of rotatable bonds is 6. The number of aliphatic hydroxyl groups is 1. The molecule has 5 heteroatoms. The van der Waals surface area contributed by atoms with Crippen LogP contribution in [0, 0.1) is 0 Å². The molecule has 0 saturated carbocycles. The van der Waals surface area contributed by atoms with Gasteiger partial charge in [0.1, 0.15) is 5.60 Å². The number of hydrogen-bond donors (Lipinski definition) is 2. The Kier molecular flexibility index (Phi) is 7.08. The quantitative estimate of drug-likeness (QED) is 0.678. The van der Waals surface area contributed by atoms with Crippen LogP contribution in [0.5, 0.6) is 0 Å². The summed E-state index contributed by atoms with van der Waals surface area (Å²) in [5.41, 5.74) is -0.524. The van der Waals surface area contributed by atoms with Crippen molar-refractivity contribution in [3.8, 4) is 0 Å². The van der Waals surface area contributed by atoms with E-state index < -0.39 is 11.7 Å². The predicted molar refractivity (Wildman–Crippen MR) is 61.4 cm³/mol. The molecule has 0 aromatic rings. The van der Waals surface area contributed by atoms with Crippen LogP contribution in [0.4, 0.5) is 4.79 Å². The van der Waals surface area contributed by atoms with Gasteiger partial charge in [0.25, 0.3) is 0 Å². The van der Waals surface area contributed by atoms with Crippen molar-refractivity contribution in [2.75, 3.05) is 19.8 Å². The van der Waals surface area contributed by atoms with E-state index in [0.29, 0.717) is 19.6 Å². The summed E-state index contributed by atoms with van der Waals surface area (Å²) in [5.74, 6) is 0. The molecule has 0 aliphatic carbocycles. The molecule has 0 saturated heterocycles. The highest BCUT2D eigenvalue weighted by molar-refractivity contribution is 5.68. The van der Waals surface area contributed by atoms with Crippen LogP contribution in [-0.4, -0.2) is 42.7 Å². The smallest absolute Gasteiger partial charge is 0.407 e. The zero-order chi connectivity index (χ0) is 12.6. The first-order chi connectivity index (χ1) is 7.39. The number of amides is 1. The van der Waals surface area contributed by atoms with Gasteiger partial charge in [-0.2, -0.15) is 0 Å². The maximum atomic E-state index is 11.4. The lowest BCUT2D eigenvalue weighted by atomic mass is 10.2. The molecule has 0 unspecified atom stereocenters. The Hall–Kier alpha value is -0.810. The molecule has 1 amide bonds. The molecule has 5 nitrogen and oxygen atoms in total. The van der Waals surface area contributed by atoms with Gasteiger partial charge in [-0.3, -0.25) is 0 Å². The summed E-state index contributed by atoms with van der Waals surface area (Å²) >= 11 is 0. The monoisotopic (exact) mass is 233 g/mol. The van der Waals surface area contributed by atoms with Crippen molar-refractivity contribution < 1.29 is 19.4 Å². The largest absolute Gasteiger partial charge is 0.444 e. The Morgan fingerprint density at radius 3 is 2.50 bits per heavy atom. The van der Waals surface area contributed by atoms with E-state index >= 15 is 0 Å². The fraction of sp³-hybridized carbons (Fsp3) is 0.909. The van der Waals surface area contributed by atoms with Crippen molar-refractivity contribution in [1.82, 2.24) is 5.32 Å². The number of hydrogen-bond acceptors (Lipinski definition) is 4. The number of alkyl carbamates (subject to hydrolysis) is 1. The van der Waals surface area contributed by atoms with E-state index in [-0.39, 0.29) is 12.6 Å². The van der Waals surface area contributed by atoms with Crippen LogP contribution in [0.2, 0.25) is 0 Å². The van der Waals surface area contributed by atoms with Crippen molar-refractivity contribution in [2.45, 2.75) is 45.8 Å². The van der Waals surface area contributed by atoms with Crippen LogP contribution in [0.25, 0.3) is 0 Å². The molecule has 96 valence electrons. The van der Waals surface area contributed by atoms with Gasteiger partial charge >= 0.3 is 6.09 Å². The zero-order valence-electron chi connectivity index (χ0n) is 10.6. The molecular weight excluding hydrogens is 210 g/mol. The molecule has 0 rings (SSSR count). The van der Waals surface area contributed by atoms with Gasteiger partial charge in [-0.05, 0) is 34.1 Å². The van der Waals surface area contributed by atoms with E-state index in [0.717, 1.165) is 0 Å². The Morgan fingerprint density at radius 1 is 1.44 bits per heavy atom. The number of carbonyl (C=O) groups is 1. The van der Waals surface area contributed by atoms with Gasteiger partial charge in [0.15, 0.2) is 0 Å². The second-order valence-corrected chi connectivity index (χ2v) is 4.51. The molecule has 0 aliphatic rings. The van der Waals surface area contributed by atoms with Crippen molar-refractivity contribution in [1.29, 1.82) is 0 Å². The SMILES string of the molecule is CCOCC[C@@H](CO)NC(=O)OC(C)(C)C. The lowest BCUT2D eigenvalue weighted by Gasteiger charge is -2.22. The number of nitrogens with one attached hydrogen (secondary N) is 1. The Morgan fingerprint density at radius 2 is 2.06 bits per heavy atom. The van der Waals surface area contributed by atoms with Crippen LogP contribution >= 0.6 is 0 Å². The molecule has 1 atom stereocenters. The Labute approximate surface area is 97.1 Å². The van der Waals surface area contributed by atoms with Crippen LogP contribution in [0.1, 0.15) is 34.1 Å². The lowest BCUT2D eigenvalue weighted by molar-refractivity contribution is 0.0459. The molecule has 0 heterocycles. The fourth-order valence-corrected chi connectivity index (χ4v) is 1.05. The second kappa shape index (κ2) is 7.46. The number of carbonyl (C=O) groups excluding carboxylic acids is 1. The van der Waals surface area contributed by atoms with Gasteiger partial charge in [0.2, 0.25) is 0 Å². The van der Waals surface area contributed by atoms with Crippen LogP contribution in [-0.2, 0) is 9.47 Å². The summed E-state index contributed by atoms with van der Waals surface area (Å²) in [5, 5.41) is 11.6. The number of ether oxygens (including phenoxy) is 2. The molecule has 0 bridgehead atoms. The highest BCUT2D eigenvalue weighted by atomic mass is 16.6. The Balaban J connectivity index is 3.88. The third kappa shape index (κ3) is 8.49.